The summed E-state index contributed by atoms with van der Waals surface area (Å²) in [5.41, 5.74) is 0. The summed E-state index contributed by atoms with van der Waals surface area (Å²) in [7, 11) is 1.97. The van der Waals surface area contributed by atoms with Crippen LogP contribution in [0.25, 0.3) is 0 Å². The lowest BCUT2D eigenvalue weighted by atomic mass is 9.93. The van der Waals surface area contributed by atoms with Crippen molar-refractivity contribution in [2.45, 2.75) is 45.4 Å². The van der Waals surface area contributed by atoms with Crippen LogP contribution >= 0.6 is 12.4 Å². The van der Waals surface area contributed by atoms with Crippen molar-refractivity contribution in [2.24, 2.45) is 11.8 Å². The third-order valence-corrected chi connectivity index (χ3v) is 4.91. The summed E-state index contributed by atoms with van der Waals surface area (Å²) in [6, 6.07) is 0. The van der Waals surface area contributed by atoms with Gasteiger partial charge in [-0.3, -0.25) is 9.59 Å². The van der Waals surface area contributed by atoms with Crippen molar-refractivity contribution in [2.75, 3.05) is 39.8 Å². The Kier molecular flexibility index (Phi) is 8.92. The van der Waals surface area contributed by atoms with Crippen LogP contribution in [0.3, 0.4) is 0 Å². The minimum Gasteiger partial charge on any atom is -0.342 e. The van der Waals surface area contributed by atoms with Gasteiger partial charge in [0.15, 0.2) is 0 Å². The minimum absolute atomic E-state index is 0. The number of rotatable bonds is 5. The number of carbonyl (C=O) groups excluding carboxylic acids is 2. The summed E-state index contributed by atoms with van der Waals surface area (Å²) in [6.07, 6.45) is 5.68. The molecule has 0 aromatic heterocycles. The molecule has 134 valence electrons. The van der Waals surface area contributed by atoms with Gasteiger partial charge in [0.25, 0.3) is 0 Å². The molecular formula is C17H32ClN3O2. The highest BCUT2D eigenvalue weighted by Crippen LogP contribution is 2.23. The first-order valence-electron chi connectivity index (χ1n) is 8.86. The van der Waals surface area contributed by atoms with Crippen LogP contribution in [0.15, 0.2) is 0 Å². The molecule has 2 aliphatic rings. The van der Waals surface area contributed by atoms with Gasteiger partial charge in [0.1, 0.15) is 0 Å². The van der Waals surface area contributed by atoms with Crippen molar-refractivity contribution in [1.29, 1.82) is 0 Å². The van der Waals surface area contributed by atoms with Gasteiger partial charge in [-0.2, -0.15) is 0 Å². The second-order valence-corrected chi connectivity index (χ2v) is 6.78. The van der Waals surface area contributed by atoms with Crippen LogP contribution in [0.4, 0.5) is 0 Å². The van der Waals surface area contributed by atoms with E-state index in [0.29, 0.717) is 18.9 Å². The Labute approximate surface area is 146 Å². The van der Waals surface area contributed by atoms with Crippen molar-refractivity contribution in [3.05, 3.63) is 0 Å². The number of nitrogens with one attached hydrogen (secondary N) is 1. The molecule has 0 aliphatic carbocycles. The molecule has 6 heteroatoms. The fourth-order valence-electron chi connectivity index (χ4n) is 3.76. The van der Waals surface area contributed by atoms with E-state index in [0.717, 1.165) is 51.9 Å². The van der Waals surface area contributed by atoms with E-state index >= 15 is 0 Å². The quantitative estimate of drug-likeness (QED) is 0.828. The number of carbonyl (C=O) groups is 2. The van der Waals surface area contributed by atoms with Gasteiger partial charge in [-0.1, -0.05) is 6.92 Å². The molecule has 2 amide bonds. The number of piperidine rings is 2. The molecule has 0 aromatic carbocycles. The standard InChI is InChI=1S/C17H31N3O2.ClH/c1-3-6-16(21)19-9-5-8-15(13-19)17(22)20-10-4-7-14(12-20)11-18-2;/h14-15,18H,3-13H2,1-2H3;1H. The van der Waals surface area contributed by atoms with E-state index < -0.39 is 0 Å². The Balaban J connectivity index is 0.00000264. The summed E-state index contributed by atoms with van der Waals surface area (Å²) in [5.74, 6) is 1.08. The van der Waals surface area contributed by atoms with Crippen LogP contribution in [0.2, 0.25) is 0 Å². The summed E-state index contributed by atoms with van der Waals surface area (Å²) in [6.45, 7) is 6.23. The summed E-state index contributed by atoms with van der Waals surface area (Å²) < 4.78 is 0. The first-order chi connectivity index (χ1) is 10.7. The molecule has 2 heterocycles. The summed E-state index contributed by atoms with van der Waals surface area (Å²) in [5, 5.41) is 3.22. The Morgan fingerprint density at radius 3 is 2.48 bits per heavy atom. The van der Waals surface area contributed by atoms with Crippen molar-refractivity contribution in [3.63, 3.8) is 0 Å². The first-order valence-corrected chi connectivity index (χ1v) is 8.86. The number of halogens is 1. The monoisotopic (exact) mass is 345 g/mol. The lowest BCUT2D eigenvalue weighted by Gasteiger charge is -2.38. The molecule has 2 fully saturated rings. The molecule has 2 unspecified atom stereocenters. The number of likely N-dealkylation sites (tertiary alicyclic amines) is 2. The van der Waals surface area contributed by atoms with Gasteiger partial charge in [0, 0.05) is 32.6 Å². The third-order valence-electron chi connectivity index (χ3n) is 4.91. The average molecular weight is 346 g/mol. The van der Waals surface area contributed by atoms with Crippen molar-refractivity contribution >= 4 is 24.2 Å². The lowest BCUT2D eigenvalue weighted by molar-refractivity contribution is -0.142. The second-order valence-electron chi connectivity index (χ2n) is 6.78. The maximum absolute atomic E-state index is 12.8. The van der Waals surface area contributed by atoms with Gasteiger partial charge in [-0.05, 0) is 51.6 Å². The number of amides is 2. The van der Waals surface area contributed by atoms with E-state index in [9.17, 15) is 9.59 Å². The maximum Gasteiger partial charge on any atom is 0.227 e. The molecular weight excluding hydrogens is 314 g/mol. The van der Waals surface area contributed by atoms with E-state index in [-0.39, 0.29) is 30.1 Å². The average Bonchev–Trinajstić information content (AvgIpc) is 2.55. The van der Waals surface area contributed by atoms with Crippen LogP contribution < -0.4 is 5.32 Å². The highest BCUT2D eigenvalue weighted by Gasteiger charge is 2.32. The highest BCUT2D eigenvalue weighted by molar-refractivity contribution is 5.85. The zero-order chi connectivity index (χ0) is 15.9. The molecule has 23 heavy (non-hydrogen) atoms. The lowest BCUT2D eigenvalue weighted by Crippen LogP contribution is -2.49. The molecule has 0 aromatic rings. The maximum atomic E-state index is 12.8. The topological polar surface area (TPSA) is 52.7 Å². The Morgan fingerprint density at radius 2 is 1.78 bits per heavy atom. The molecule has 0 spiro atoms. The second kappa shape index (κ2) is 10.1. The molecule has 0 bridgehead atoms. The first kappa shape index (κ1) is 20.2. The SMILES string of the molecule is CCCC(=O)N1CCCC(C(=O)N2CCCC(CNC)C2)C1.Cl. The predicted octanol–water partition coefficient (Wildman–Crippen LogP) is 1.90. The van der Waals surface area contributed by atoms with E-state index in [1.807, 2.05) is 23.8 Å². The zero-order valence-corrected chi connectivity index (χ0v) is 15.4. The zero-order valence-electron chi connectivity index (χ0n) is 14.6. The van der Waals surface area contributed by atoms with Crippen molar-refractivity contribution < 1.29 is 9.59 Å². The smallest absolute Gasteiger partial charge is 0.227 e. The van der Waals surface area contributed by atoms with E-state index in [2.05, 4.69) is 5.32 Å². The number of hydrogen-bond donors (Lipinski definition) is 1. The highest BCUT2D eigenvalue weighted by atomic mass is 35.5. The number of nitrogens with zero attached hydrogens (tertiary/aromatic N) is 2. The van der Waals surface area contributed by atoms with Crippen LogP contribution in [0.5, 0.6) is 0 Å². The van der Waals surface area contributed by atoms with Gasteiger partial charge < -0.3 is 15.1 Å². The van der Waals surface area contributed by atoms with Gasteiger partial charge in [-0.15, -0.1) is 12.4 Å². The molecule has 2 atom stereocenters. The fraction of sp³-hybridized carbons (Fsp3) is 0.882. The molecule has 2 saturated heterocycles. The van der Waals surface area contributed by atoms with Gasteiger partial charge in [0.05, 0.1) is 5.92 Å². The molecule has 0 radical (unpaired) electrons. The van der Waals surface area contributed by atoms with Gasteiger partial charge in [-0.25, -0.2) is 0 Å². The van der Waals surface area contributed by atoms with E-state index in [4.69, 9.17) is 0 Å². The van der Waals surface area contributed by atoms with Crippen molar-refractivity contribution in [1.82, 2.24) is 15.1 Å². The normalized spacial score (nSPS) is 25.0. The molecule has 1 N–H and O–H groups in total. The molecule has 2 aliphatic heterocycles. The van der Waals surface area contributed by atoms with Crippen LogP contribution in [-0.2, 0) is 9.59 Å². The number of hydrogen-bond acceptors (Lipinski definition) is 3. The fourth-order valence-corrected chi connectivity index (χ4v) is 3.76. The van der Waals surface area contributed by atoms with Crippen molar-refractivity contribution in [3.8, 4) is 0 Å². The molecule has 5 nitrogen and oxygen atoms in total. The Hall–Kier alpha value is -0.810. The molecule has 0 saturated carbocycles. The Morgan fingerprint density at radius 1 is 1.09 bits per heavy atom. The Bertz CT molecular complexity index is 390. The van der Waals surface area contributed by atoms with E-state index in [1.54, 1.807) is 0 Å². The summed E-state index contributed by atoms with van der Waals surface area (Å²) >= 11 is 0. The van der Waals surface area contributed by atoms with Crippen LogP contribution in [0, 0.1) is 11.8 Å². The minimum atomic E-state index is 0. The largest absolute Gasteiger partial charge is 0.342 e. The predicted molar refractivity (Wildman–Crippen MR) is 94.7 cm³/mol. The third kappa shape index (κ3) is 5.64. The van der Waals surface area contributed by atoms with Gasteiger partial charge in [0.2, 0.25) is 11.8 Å². The van der Waals surface area contributed by atoms with Crippen LogP contribution in [-0.4, -0.2) is 61.4 Å². The summed E-state index contributed by atoms with van der Waals surface area (Å²) in [4.78, 5) is 28.8. The van der Waals surface area contributed by atoms with Crippen LogP contribution in [0.1, 0.15) is 45.4 Å². The van der Waals surface area contributed by atoms with E-state index in [1.165, 1.54) is 6.42 Å². The molecule has 2 rings (SSSR count). The van der Waals surface area contributed by atoms with Gasteiger partial charge >= 0.3 is 0 Å².